The lowest BCUT2D eigenvalue weighted by Crippen LogP contribution is -2.27. The Balaban J connectivity index is 1.62. The summed E-state index contributed by atoms with van der Waals surface area (Å²) in [7, 11) is 0. The molecule has 1 aliphatic heterocycles. The van der Waals surface area contributed by atoms with E-state index in [-0.39, 0.29) is 18.6 Å². The first-order valence-corrected chi connectivity index (χ1v) is 7.10. The van der Waals surface area contributed by atoms with Crippen LogP contribution >= 0.6 is 0 Å². The number of ether oxygens (including phenoxy) is 1. The molecule has 2 aromatic rings. The Hall–Kier alpha value is -2.82. The molecule has 1 saturated heterocycles. The number of hydrogen-bond acceptors (Lipinski definition) is 3. The standard InChI is InChI=1S/C17H16N2O3/c20-16(22-12-13-4-2-1-3-5-13)14-6-8-15(9-7-14)19-11-10-18-17(19)21/h1-9H,10-12H2,(H,18,21). The molecule has 2 aromatic carbocycles. The highest BCUT2D eigenvalue weighted by atomic mass is 16.5. The first-order valence-electron chi connectivity index (χ1n) is 7.10. The molecule has 0 bridgehead atoms. The van der Waals surface area contributed by atoms with Crippen molar-refractivity contribution in [1.82, 2.24) is 5.32 Å². The maximum atomic E-state index is 12.0. The van der Waals surface area contributed by atoms with Gasteiger partial charge < -0.3 is 10.1 Å². The zero-order valence-corrected chi connectivity index (χ0v) is 12.0. The van der Waals surface area contributed by atoms with Crippen LogP contribution in [0.2, 0.25) is 0 Å². The van der Waals surface area contributed by atoms with E-state index in [1.807, 2.05) is 30.3 Å². The minimum Gasteiger partial charge on any atom is -0.457 e. The molecule has 0 aromatic heterocycles. The number of nitrogens with one attached hydrogen (secondary N) is 1. The molecule has 0 spiro atoms. The summed E-state index contributed by atoms with van der Waals surface area (Å²) in [4.78, 5) is 25.2. The van der Waals surface area contributed by atoms with Crippen LogP contribution in [0.25, 0.3) is 0 Å². The van der Waals surface area contributed by atoms with Crippen LogP contribution in [0.5, 0.6) is 0 Å². The van der Waals surface area contributed by atoms with Crippen molar-refractivity contribution in [3.05, 3.63) is 65.7 Å². The monoisotopic (exact) mass is 296 g/mol. The van der Waals surface area contributed by atoms with Crippen LogP contribution in [0.15, 0.2) is 54.6 Å². The summed E-state index contributed by atoms with van der Waals surface area (Å²) in [5.41, 5.74) is 2.19. The van der Waals surface area contributed by atoms with E-state index in [0.29, 0.717) is 18.7 Å². The van der Waals surface area contributed by atoms with Gasteiger partial charge in [-0.05, 0) is 29.8 Å². The lowest BCUT2D eigenvalue weighted by molar-refractivity contribution is 0.0472. The molecule has 0 atom stereocenters. The Morgan fingerprint density at radius 3 is 2.45 bits per heavy atom. The minimum absolute atomic E-state index is 0.112. The molecule has 5 heteroatoms. The summed E-state index contributed by atoms with van der Waals surface area (Å²) in [6.07, 6.45) is 0. The molecule has 22 heavy (non-hydrogen) atoms. The molecule has 112 valence electrons. The quantitative estimate of drug-likeness (QED) is 0.882. The third-order valence-electron chi connectivity index (χ3n) is 3.48. The van der Waals surface area contributed by atoms with Crippen LogP contribution in [-0.2, 0) is 11.3 Å². The van der Waals surface area contributed by atoms with Gasteiger partial charge in [-0.25, -0.2) is 9.59 Å². The summed E-state index contributed by atoms with van der Waals surface area (Å²) >= 11 is 0. The zero-order chi connectivity index (χ0) is 15.4. The van der Waals surface area contributed by atoms with Crippen LogP contribution in [0.4, 0.5) is 10.5 Å². The maximum Gasteiger partial charge on any atom is 0.338 e. The van der Waals surface area contributed by atoms with Gasteiger partial charge in [-0.15, -0.1) is 0 Å². The van der Waals surface area contributed by atoms with Crippen LogP contribution in [0.3, 0.4) is 0 Å². The second-order valence-electron chi connectivity index (χ2n) is 4.99. The second-order valence-corrected chi connectivity index (χ2v) is 4.99. The number of hydrogen-bond donors (Lipinski definition) is 1. The minimum atomic E-state index is -0.374. The van der Waals surface area contributed by atoms with Crippen LogP contribution < -0.4 is 10.2 Å². The van der Waals surface area contributed by atoms with Crippen molar-refractivity contribution in [3.63, 3.8) is 0 Å². The highest BCUT2D eigenvalue weighted by molar-refractivity contribution is 5.95. The van der Waals surface area contributed by atoms with Gasteiger partial charge in [-0.3, -0.25) is 4.90 Å². The normalized spacial score (nSPS) is 13.8. The van der Waals surface area contributed by atoms with Crippen molar-refractivity contribution in [2.75, 3.05) is 18.0 Å². The first kappa shape index (κ1) is 14.1. The number of carbonyl (C=O) groups excluding carboxylic acids is 2. The van der Waals surface area contributed by atoms with Gasteiger partial charge in [0.1, 0.15) is 6.61 Å². The Kier molecular flexibility index (Phi) is 4.05. The van der Waals surface area contributed by atoms with Gasteiger partial charge in [-0.2, -0.15) is 0 Å². The van der Waals surface area contributed by atoms with Gasteiger partial charge in [-0.1, -0.05) is 30.3 Å². The maximum absolute atomic E-state index is 12.0. The second kappa shape index (κ2) is 6.30. The average molecular weight is 296 g/mol. The molecule has 1 N–H and O–H groups in total. The Morgan fingerprint density at radius 2 is 1.82 bits per heavy atom. The molecule has 1 aliphatic rings. The molecule has 0 saturated carbocycles. The zero-order valence-electron chi connectivity index (χ0n) is 12.0. The number of amides is 2. The van der Waals surface area contributed by atoms with E-state index < -0.39 is 0 Å². The molecule has 0 radical (unpaired) electrons. The van der Waals surface area contributed by atoms with Crippen molar-refractivity contribution >= 4 is 17.7 Å². The van der Waals surface area contributed by atoms with Crippen LogP contribution in [-0.4, -0.2) is 25.1 Å². The summed E-state index contributed by atoms with van der Waals surface area (Å²) in [6.45, 7) is 1.52. The molecular formula is C17H16N2O3. The molecule has 0 aliphatic carbocycles. The number of urea groups is 1. The summed E-state index contributed by atoms with van der Waals surface area (Å²) in [6, 6.07) is 16.3. The number of esters is 1. The fraction of sp³-hybridized carbons (Fsp3) is 0.176. The Bertz CT molecular complexity index is 668. The van der Waals surface area contributed by atoms with Crippen molar-refractivity contribution < 1.29 is 14.3 Å². The number of benzene rings is 2. The molecule has 1 fully saturated rings. The van der Waals surface area contributed by atoms with Crippen molar-refractivity contribution in [2.24, 2.45) is 0 Å². The highest BCUT2D eigenvalue weighted by Crippen LogP contribution is 2.18. The van der Waals surface area contributed by atoms with E-state index in [2.05, 4.69) is 5.32 Å². The fourth-order valence-corrected chi connectivity index (χ4v) is 2.30. The lowest BCUT2D eigenvalue weighted by Gasteiger charge is -2.14. The van der Waals surface area contributed by atoms with Crippen molar-refractivity contribution in [1.29, 1.82) is 0 Å². The van der Waals surface area contributed by atoms with E-state index >= 15 is 0 Å². The SMILES string of the molecule is O=C(OCc1ccccc1)c1ccc(N2CCNC2=O)cc1. The van der Waals surface area contributed by atoms with E-state index in [1.165, 1.54) is 0 Å². The number of carbonyl (C=O) groups is 2. The topological polar surface area (TPSA) is 58.6 Å². The summed E-state index contributed by atoms with van der Waals surface area (Å²) < 4.78 is 5.27. The van der Waals surface area contributed by atoms with Crippen LogP contribution in [0, 0.1) is 0 Å². The van der Waals surface area contributed by atoms with Gasteiger partial charge in [0.25, 0.3) is 0 Å². The Morgan fingerprint density at radius 1 is 1.09 bits per heavy atom. The first-order chi connectivity index (χ1) is 10.7. The van der Waals surface area contributed by atoms with Gasteiger partial charge in [0.2, 0.25) is 0 Å². The number of nitrogens with zero attached hydrogens (tertiary/aromatic N) is 1. The highest BCUT2D eigenvalue weighted by Gasteiger charge is 2.21. The lowest BCUT2D eigenvalue weighted by atomic mass is 10.2. The number of anilines is 1. The van der Waals surface area contributed by atoms with Gasteiger partial charge in [0.15, 0.2) is 0 Å². The van der Waals surface area contributed by atoms with E-state index in [4.69, 9.17) is 4.74 Å². The summed E-state index contributed by atoms with van der Waals surface area (Å²) in [5, 5.41) is 2.74. The van der Waals surface area contributed by atoms with E-state index in [0.717, 1.165) is 11.3 Å². The number of rotatable bonds is 4. The van der Waals surface area contributed by atoms with Gasteiger partial charge in [0, 0.05) is 18.8 Å². The molecule has 5 nitrogen and oxygen atoms in total. The predicted octanol–water partition coefficient (Wildman–Crippen LogP) is 2.57. The summed E-state index contributed by atoms with van der Waals surface area (Å²) in [5.74, 6) is -0.374. The third kappa shape index (κ3) is 3.09. The van der Waals surface area contributed by atoms with E-state index in [9.17, 15) is 9.59 Å². The Labute approximate surface area is 128 Å². The van der Waals surface area contributed by atoms with Crippen molar-refractivity contribution in [2.45, 2.75) is 6.61 Å². The molecule has 3 rings (SSSR count). The molecule has 2 amide bonds. The predicted molar refractivity (Wildman–Crippen MR) is 82.7 cm³/mol. The van der Waals surface area contributed by atoms with Crippen LogP contribution in [0.1, 0.15) is 15.9 Å². The average Bonchev–Trinajstić information content (AvgIpc) is 3.00. The van der Waals surface area contributed by atoms with Gasteiger partial charge >= 0.3 is 12.0 Å². The van der Waals surface area contributed by atoms with E-state index in [1.54, 1.807) is 29.2 Å². The van der Waals surface area contributed by atoms with Crippen molar-refractivity contribution in [3.8, 4) is 0 Å². The molecular weight excluding hydrogens is 280 g/mol. The third-order valence-corrected chi connectivity index (χ3v) is 3.48. The smallest absolute Gasteiger partial charge is 0.338 e. The molecule has 1 heterocycles. The fourth-order valence-electron chi connectivity index (χ4n) is 2.30. The molecule has 0 unspecified atom stereocenters. The largest absolute Gasteiger partial charge is 0.457 e. The van der Waals surface area contributed by atoms with Gasteiger partial charge in [0.05, 0.1) is 5.56 Å².